The number of carbonyl (C=O) groups is 2. The van der Waals surface area contributed by atoms with E-state index in [-0.39, 0.29) is 30.2 Å². The number of amides is 1. The Morgan fingerprint density at radius 2 is 2.06 bits per heavy atom. The number of hydrogen-bond donors (Lipinski definition) is 3. The van der Waals surface area contributed by atoms with Gasteiger partial charge in [0.05, 0.1) is 17.1 Å². The van der Waals surface area contributed by atoms with Gasteiger partial charge in [-0.1, -0.05) is 0 Å². The van der Waals surface area contributed by atoms with Crippen LogP contribution in [0.3, 0.4) is 0 Å². The molecule has 1 aliphatic carbocycles. The van der Waals surface area contributed by atoms with Gasteiger partial charge in [0.25, 0.3) is 11.6 Å². The van der Waals surface area contributed by atoms with Crippen LogP contribution < -0.4 is 10.6 Å². The van der Waals surface area contributed by atoms with E-state index in [0.29, 0.717) is 23.5 Å². The van der Waals surface area contributed by atoms with E-state index in [0.717, 1.165) is 36.1 Å². The van der Waals surface area contributed by atoms with E-state index in [1.165, 1.54) is 29.5 Å². The Morgan fingerprint density at radius 1 is 1.29 bits per heavy atom. The zero-order chi connectivity index (χ0) is 22.4. The van der Waals surface area contributed by atoms with Crippen LogP contribution in [0.15, 0.2) is 18.2 Å². The lowest BCUT2D eigenvalue weighted by Crippen LogP contribution is -2.16. The fourth-order valence-corrected chi connectivity index (χ4v) is 4.80. The Hall–Kier alpha value is -2.98. The van der Waals surface area contributed by atoms with E-state index in [1.54, 1.807) is 6.92 Å². The van der Waals surface area contributed by atoms with Gasteiger partial charge < -0.3 is 20.5 Å². The van der Waals surface area contributed by atoms with Gasteiger partial charge in [-0.25, -0.2) is 4.79 Å². The number of anilines is 2. The first-order chi connectivity index (χ1) is 15.0. The van der Waals surface area contributed by atoms with E-state index in [4.69, 9.17) is 9.84 Å². The van der Waals surface area contributed by atoms with Crippen LogP contribution in [0, 0.1) is 10.1 Å². The molecule has 0 saturated heterocycles. The maximum absolute atomic E-state index is 12.9. The van der Waals surface area contributed by atoms with E-state index in [1.807, 2.05) is 0 Å². The number of esters is 1. The predicted octanol–water partition coefficient (Wildman–Crippen LogP) is 3.76. The smallest absolute Gasteiger partial charge is 0.341 e. The zero-order valence-corrected chi connectivity index (χ0v) is 18.0. The summed E-state index contributed by atoms with van der Waals surface area (Å²) in [7, 11) is 0. The van der Waals surface area contributed by atoms with Gasteiger partial charge in [-0.15, -0.1) is 11.3 Å². The molecule has 0 atom stereocenters. The molecule has 0 radical (unpaired) electrons. The SMILES string of the molecule is CCOC(=O)c1c(NC(=O)c2ccc(NCCCO)c([N+](=O)[O-])c2)sc2c1CCCC2. The predicted molar refractivity (Wildman–Crippen MR) is 118 cm³/mol. The number of hydrogen-bond acceptors (Lipinski definition) is 8. The van der Waals surface area contributed by atoms with Gasteiger partial charge >= 0.3 is 5.97 Å². The molecule has 1 heterocycles. The molecule has 1 aromatic carbocycles. The summed E-state index contributed by atoms with van der Waals surface area (Å²) in [6.07, 6.45) is 4.05. The summed E-state index contributed by atoms with van der Waals surface area (Å²) in [6, 6.07) is 4.16. The fraction of sp³-hybridized carbons (Fsp3) is 0.429. The number of aliphatic hydroxyl groups excluding tert-OH is 1. The highest BCUT2D eigenvalue weighted by Crippen LogP contribution is 2.39. The summed E-state index contributed by atoms with van der Waals surface area (Å²) < 4.78 is 5.19. The Balaban J connectivity index is 1.87. The number of ether oxygens (including phenoxy) is 1. The van der Waals surface area contributed by atoms with Crippen LogP contribution in [0.4, 0.5) is 16.4 Å². The molecule has 2 aromatic rings. The zero-order valence-electron chi connectivity index (χ0n) is 17.2. The average Bonchev–Trinajstić information content (AvgIpc) is 3.11. The van der Waals surface area contributed by atoms with Crippen LogP contribution in [-0.4, -0.2) is 41.7 Å². The number of rotatable bonds is 9. The van der Waals surface area contributed by atoms with Crippen molar-refractivity contribution in [3.8, 4) is 0 Å². The molecule has 3 N–H and O–H groups in total. The Morgan fingerprint density at radius 3 is 2.77 bits per heavy atom. The molecule has 0 unspecified atom stereocenters. The lowest BCUT2D eigenvalue weighted by atomic mass is 9.95. The highest BCUT2D eigenvalue weighted by atomic mass is 32.1. The van der Waals surface area contributed by atoms with Crippen molar-refractivity contribution in [3.05, 3.63) is 49.9 Å². The summed E-state index contributed by atoms with van der Waals surface area (Å²) in [6.45, 7) is 2.29. The second-order valence-electron chi connectivity index (χ2n) is 7.08. The third-order valence-corrected chi connectivity index (χ3v) is 6.19. The highest BCUT2D eigenvalue weighted by Gasteiger charge is 2.28. The van der Waals surface area contributed by atoms with Crippen LogP contribution >= 0.6 is 11.3 Å². The lowest BCUT2D eigenvalue weighted by molar-refractivity contribution is -0.384. The molecular formula is C21H25N3O6S. The number of nitro groups is 1. The second-order valence-corrected chi connectivity index (χ2v) is 8.19. The summed E-state index contributed by atoms with van der Waals surface area (Å²) in [5.41, 5.74) is 1.47. The third kappa shape index (κ3) is 5.20. The van der Waals surface area contributed by atoms with E-state index >= 15 is 0 Å². The molecule has 9 nitrogen and oxygen atoms in total. The van der Waals surface area contributed by atoms with Crippen molar-refractivity contribution in [3.63, 3.8) is 0 Å². The Bertz CT molecular complexity index is 988. The second kappa shape index (κ2) is 10.4. The first-order valence-corrected chi connectivity index (χ1v) is 11.0. The monoisotopic (exact) mass is 447 g/mol. The first-order valence-electron chi connectivity index (χ1n) is 10.2. The standard InChI is InChI=1S/C21H25N3O6S/c1-2-30-21(27)18-14-6-3-4-7-17(14)31-20(18)23-19(26)13-8-9-15(22-10-5-11-25)16(12-13)24(28)29/h8-9,12,22,25H,2-7,10-11H2,1H3,(H,23,26). The van der Waals surface area contributed by atoms with Crippen LogP contribution in [0.1, 0.15) is 57.3 Å². The van der Waals surface area contributed by atoms with Crippen LogP contribution in [0.2, 0.25) is 0 Å². The minimum Gasteiger partial charge on any atom is -0.462 e. The van der Waals surface area contributed by atoms with Gasteiger partial charge in [0.2, 0.25) is 0 Å². The molecule has 3 rings (SSSR count). The summed E-state index contributed by atoms with van der Waals surface area (Å²) in [5.74, 6) is -0.999. The van der Waals surface area contributed by atoms with Crippen molar-refractivity contribution in [1.82, 2.24) is 0 Å². The first kappa shape index (κ1) is 22.7. The molecule has 0 bridgehead atoms. The van der Waals surface area contributed by atoms with E-state index in [9.17, 15) is 19.7 Å². The molecule has 0 fully saturated rings. The summed E-state index contributed by atoms with van der Waals surface area (Å²) in [5, 5.41) is 26.4. The number of benzene rings is 1. The topological polar surface area (TPSA) is 131 Å². The third-order valence-electron chi connectivity index (χ3n) is 4.98. The molecule has 10 heteroatoms. The van der Waals surface area contributed by atoms with Crippen molar-refractivity contribution in [2.24, 2.45) is 0 Å². The van der Waals surface area contributed by atoms with Crippen molar-refractivity contribution in [2.75, 3.05) is 30.4 Å². The fourth-order valence-electron chi connectivity index (χ4n) is 3.52. The molecular weight excluding hydrogens is 422 g/mol. The maximum Gasteiger partial charge on any atom is 0.341 e. The number of carbonyl (C=O) groups excluding carboxylic acids is 2. The number of nitrogens with one attached hydrogen (secondary N) is 2. The normalized spacial score (nSPS) is 12.7. The molecule has 166 valence electrons. The molecule has 1 amide bonds. The van der Waals surface area contributed by atoms with Gasteiger partial charge in [0.1, 0.15) is 10.7 Å². The Labute approximate surface area is 183 Å². The molecule has 0 saturated carbocycles. The van der Waals surface area contributed by atoms with Crippen LogP contribution in [0.5, 0.6) is 0 Å². The molecule has 31 heavy (non-hydrogen) atoms. The molecule has 0 aliphatic heterocycles. The largest absolute Gasteiger partial charge is 0.462 e. The van der Waals surface area contributed by atoms with Gasteiger partial charge in [-0.3, -0.25) is 14.9 Å². The molecule has 1 aromatic heterocycles. The number of nitrogens with zero attached hydrogens (tertiary/aromatic N) is 1. The van der Waals surface area contributed by atoms with Crippen LogP contribution in [-0.2, 0) is 17.6 Å². The summed E-state index contributed by atoms with van der Waals surface area (Å²) in [4.78, 5) is 37.4. The van der Waals surface area contributed by atoms with Crippen molar-refractivity contribution < 1.29 is 24.4 Å². The minimum absolute atomic E-state index is 0.0329. The van der Waals surface area contributed by atoms with Crippen molar-refractivity contribution >= 4 is 39.6 Å². The minimum atomic E-state index is -0.564. The van der Waals surface area contributed by atoms with Crippen molar-refractivity contribution in [2.45, 2.75) is 39.0 Å². The Kier molecular flexibility index (Phi) is 7.59. The number of aliphatic hydroxyl groups is 1. The van der Waals surface area contributed by atoms with E-state index in [2.05, 4.69) is 10.6 Å². The van der Waals surface area contributed by atoms with Gasteiger partial charge in [-0.05, 0) is 56.7 Å². The van der Waals surface area contributed by atoms with Gasteiger partial charge in [0, 0.05) is 29.7 Å². The quantitative estimate of drug-likeness (QED) is 0.231. The molecule has 0 spiro atoms. The maximum atomic E-state index is 12.9. The van der Waals surface area contributed by atoms with E-state index < -0.39 is 16.8 Å². The van der Waals surface area contributed by atoms with Crippen LogP contribution in [0.25, 0.3) is 0 Å². The van der Waals surface area contributed by atoms with Gasteiger partial charge in [0.15, 0.2) is 0 Å². The number of thiophene rings is 1. The number of aryl methyl sites for hydroxylation is 1. The highest BCUT2D eigenvalue weighted by molar-refractivity contribution is 7.17. The number of fused-ring (bicyclic) bond motifs is 1. The van der Waals surface area contributed by atoms with Crippen molar-refractivity contribution in [1.29, 1.82) is 0 Å². The number of nitro benzene ring substituents is 1. The lowest BCUT2D eigenvalue weighted by Gasteiger charge is -2.12. The average molecular weight is 448 g/mol. The van der Waals surface area contributed by atoms with Gasteiger partial charge in [-0.2, -0.15) is 0 Å². The summed E-state index contributed by atoms with van der Waals surface area (Å²) >= 11 is 1.36. The molecule has 1 aliphatic rings.